The van der Waals surface area contributed by atoms with Gasteiger partial charge in [0.05, 0.1) is 5.69 Å². The third kappa shape index (κ3) is 2.78. The second-order valence-corrected chi connectivity index (χ2v) is 7.02. The minimum atomic E-state index is -3.95. The molecule has 1 aromatic carbocycles. The molecule has 4 nitrogen and oxygen atoms in total. The maximum atomic E-state index is 13.7. The third-order valence-electron chi connectivity index (χ3n) is 3.61. The molecular weight excluding hydrogens is 286 g/mol. The van der Waals surface area contributed by atoms with Gasteiger partial charge in [-0.3, -0.25) is 0 Å². The van der Waals surface area contributed by atoms with Gasteiger partial charge < -0.3 is 5.73 Å². The second kappa shape index (κ2) is 5.65. The molecule has 112 valence electrons. The molecule has 2 N–H and O–H groups in total. The molecule has 0 radical (unpaired) electrons. The fourth-order valence-electron chi connectivity index (χ4n) is 2.54. The van der Waals surface area contributed by atoms with Crippen molar-refractivity contribution in [3.63, 3.8) is 0 Å². The Labute approximate surface area is 117 Å². The van der Waals surface area contributed by atoms with Crippen LogP contribution in [0.4, 0.5) is 14.5 Å². The monoisotopic (exact) mass is 304 g/mol. The number of hydrogen-bond donors (Lipinski definition) is 1. The molecule has 0 amide bonds. The SMILES string of the molecule is CCCC1CCN(S(=O)(=O)c2cc(N)c(F)cc2F)C1. The largest absolute Gasteiger partial charge is 0.396 e. The summed E-state index contributed by atoms with van der Waals surface area (Å²) >= 11 is 0. The summed E-state index contributed by atoms with van der Waals surface area (Å²) in [6.45, 7) is 2.79. The molecule has 2 rings (SSSR count). The van der Waals surface area contributed by atoms with Gasteiger partial charge in [-0.2, -0.15) is 4.31 Å². The van der Waals surface area contributed by atoms with Crippen LogP contribution in [0.3, 0.4) is 0 Å². The topological polar surface area (TPSA) is 63.4 Å². The van der Waals surface area contributed by atoms with Crippen molar-refractivity contribution in [1.82, 2.24) is 4.31 Å². The molecule has 0 spiro atoms. The normalized spacial score (nSPS) is 20.4. The average molecular weight is 304 g/mol. The van der Waals surface area contributed by atoms with E-state index in [1.54, 1.807) is 0 Å². The average Bonchev–Trinajstić information content (AvgIpc) is 2.83. The van der Waals surface area contributed by atoms with Gasteiger partial charge in [-0.1, -0.05) is 13.3 Å². The highest BCUT2D eigenvalue weighted by Gasteiger charge is 2.34. The van der Waals surface area contributed by atoms with E-state index in [2.05, 4.69) is 0 Å². The van der Waals surface area contributed by atoms with Gasteiger partial charge in [-0.25, -0.2) is 17.2 Å². The highest BCUT2D eigenvalue weighted by atomic mass is 32.2. The van der Waals surface area contributed by atoms with E-state index < -0.39 is 26.6 Å². The smallest absolute Gasteiger partial charge is 0.246 e. The zero-order valence-electron chi connectivity index (χ0n) is 11.3. The molecule has 20 heavy (non-hydrogen) atoms. The van der Waals surface area contributed by atoms with Gasteiger partial charge in [0, 0.05) is 19.2 Å². The number of nitrogens with two attached hydrogens (primary N) is 1. The predicted molar refractivity (Wildman–Crippen MR) is 72.5 cm³/mol. The molecule has 0 aromatic heterocycles. The summed E-state index contributed by atoms with van der Waals surface area (Å²) in [5.74, 6) is -1.75. The Balaban J connectivity index is 2.30. The molecule has 7 heteroatoms. The molecule has 0 aliphatic carbocycles. The summed E-state index contributed by atoms with van der Waals surface area (Å²) in [5.41, 5.74) is 4.97. The van der Waals surface area contributed by atoms with Crippen LogP contribution < -0.4 is 5.73 Å². The lowest BCUT2D eigenvalue weighted by Crippen LogP contribution is -2.29. The number of hydrogen-bond acceptors (Lipinski definition) is 3. The van der Waals surface area contributed by atoms with E-state index >= 15 is 0 Å². The second-order valence-electron chi connectivity index (χ2n) is 5.11. The summed E-state index contributed by atoms with van der Waals surface area (Å²) in [6.07, 6.45) is 2.70. The van der Waals surface area contributed by atoms with Crippen LogP contribution in [0.25, 0.3) is 0 Å². The lowest BCUT2D eigenvalue weighted by atomic mass is 10.0. The lowest BCUT2D eigenvalue weighted by molar-refractivity contribution is 0.440. The van der Waals surface area contributed by atoms with Gasteiger partial charge in [0.1, 0.15) is 16.5 Å². The summed E-state index contributed by atoms with van der Waals surface area (Å²) in [5, 5.41) is 0. The zero-order valence-corrected chi connectivity index (χ0v) is 12.1. The Hall–Kier alpha value is -1.21. The fourth-order valence-corrected chi connectivity index (χ4v) is 4.15. The summed E-state index contributed by atoms with van der Waals surface area (Å²) in [6, 6.07) is 1.37. The first-order valence-corrected chi connectivity index (χ1v) is 8.05. The predicted octanol–water partition coefficient (Wildman–Crippen LogP) is 2.36. The molecule has 1 heterocycles. The van der Waals surface area contributed by atoms with E-state index in [1.807, 2.05) is 6.92 Å². The van der Waals surface area contributed by atoms with Crippen molar-refractivity contribution in [2.24, 2.45) is 5.92 Å². The molecule has 1 aromatic rings. The van der Waals surface area contributed by atoms with Crippen LogP contribution >= 0.6 is 0 Å². The number of rotatable bonds is 4. The minimum Gasteiger partial charge on any atom is -0.396 e. The highest BCUT2D eigenvalue weighted by molar-refractivity contribution is 7.89. The number of anilines is 1. The third-order valence-corrected chi connectivity index (χ3v) is 5.49. The van der Waals surface area contributed by atoms with Gasteiger partial charge >= 0.3 is 0 Å². The molecule has 0 bridgehead atoms. The molecule has 1 saturated heterocycles. The van der Waals surface area contributed by atoms with Crippen molar-refractivity contribution < 1.29 is 17.2 Å². The Morgan fingerprint density at radius 1 is 1.35 bits per heavy atom. The molecular formula is C13H18F2N2O2S. The molecule has 1 unspecified atom stereocenters. The van der Waals surface area contributed by atoms with Crippen LogP contribution in [0.15, 0.2) is 17.0 Å². The summed E-state index contributed by atoms with van der Waals surface area (Å²) < 4.78 is 52.8. The first-order valence-electron chi connectivity index (χ1n) is 6.61. The van der Waals surface area contributed by atoms with E-state index in [9.17, 15) is 17.2 Å². The van der Waals surface area contributed by atoms with E-state index in [0.717, 1.165) is 25.3 Å². The number of benzene rings is 1. The lowest BCUT2D eigenvalue weighted by Gasteiger charge is -2.17. The van der Waals surface area contributed by atoms with Crippen LogP contribution in [0.5, 0.6) is 0 Å². The molecule has 1 fully saturated rings. The summed E-state index contributed by atoms with van der Waals surface area (Å²) in [4.78, 5) is -0.548. The van der Waals surface area contributed by atoms with Crippen molar-refractivity contribution in [2.75, 3.05) is 18.8 Å². The van der Waals surface area contributed by atoms with Crippen molar-refractivity contribution in [2.45, 2.75) is 31.1 Å². The van der Waals surface area contributed by atoms with E-state index in [4.69, 9.17) is 5.73 Å². The van der Waals surface area contributed by atoms with Crippen molar-refractivity contribution >= 4 is 15.7 Å². The number of nitrogens with zero attached hydrogens (tertiary/aromatic N) is 1. The van der Waals surface area contributed by atoms with Crippen LogP contribution in [0.1, 0.15) is 26.2 Å². The van der Waals surface area contributed by atoms with Gasteiger partial charge in [-0.05, 0) is 24.8 Å². The van der Waals surface area contributed by atoms with Crippen molar-refractivity contribution in [3.05, 3.63) is 23.8 Å². The molecule has 0 saturated carbocycles. The number of halogens is 2. The minimum absolute atomic E-state index is 0.302. The quantitative estimate of drug-likeness (QED) is 0.869. The number of nitrogen functional groups attached to an aromatic ring is 1. The van der Waals surface area contributed by atoms with Crippen molar-refractivity contribution in [1.29, 1.82) is 0 Å². The highest BCUT2D eigenvalue weighted by Crippen LogP contribution is 2.29. The maximum Gasteiger partial charge on any atom is 0.246 e. The Kier molecular flexibility index (Phi) is 4.29. The Bertz CT molecular complexity index is 605. The molecule has 1 atom stereocenters. The van der Waals surface area contributed by atoms with Crippen LogP contribution in [-0.2, 0) is 10.0 Å². The number of sulfonamides is 1. The van der Waals surface area contributed by atoms with Gasteiger partial charge in [0.2, 0.25) is 10.0 Å². The van der Waals surface area contributed by atoms with E-state index in [0.29, 0.717) is 25.1 Å². The fraction of sp³-hybridized carbons (Fsp3) is 0.538. The van der Waals surface area contributed by atoms with Crippen LogP contribution in [0.2, 0.25) is 0 Å². The molecule has 1 aliphatic heterocycles. The van der Waals surface area contributed by atoms with E-state index in [1.165, 1.54) is 4.31 Å². The van der Waals surface area contributed by atoms with Gasteiger partial charge in [-0.15, -0.1) is 0 Å². The Morgan fingerprint density at radius 3 is 2.70 bits per heavy atom. The maximum absolute atomic E-state index is 13.7. The van der Waals surface area contributed by atoms with Gasteiger partial charge in [0.25, 0.3) is 0 Å². The van der Waals surface area contributed by atoms with Crippen molar-refractivity contribution in [3.8, 4) is 0 Å². The first kappa shape index (κ1) is 15.2. The Morgan fingerprint density at radius 2 is 2.05 bits per heavy atom. The van der Waals surface area contributed by atoms with Crippen LogP contribution in [0, 0.1) is 17.6 Å². The van der Waals surface area contributed by atoms with Gasteiger partial charge in [0.15, 0.2) is 0 Å². The summed E-state index contributed by atoms with van der Waals surface area (Å²) in [7, 11) is -3.95. The first-order chi connectivity index (χ1) is 9.36. The zero-order chi connectivity index (χ0) is 14.9. The van der Waals surface area contributed by atoms with E-state index in [-0.39, 0.29) is 5.69 Å². The van der Waals surface area contributed by atoms with Crippen LogP contribution in [-0.4, -0.2) is 25.8 Å². The standard InChI is InChI=1S/C13H18F2N2O2S/c1-2-3-9-4-5-17(8-9)20(18,19)13-7-12(16)10(14)6-11(13)15/h6-7,9H,2-5,8,16H2,1H3. The molecule has 1 aliphatic rings.